The lowest BCUT2D eigenvalue weighted by molar-refractivity contribution is -0.126. The molecule has 0 aromatic heterocycles. The molecule has 5 rings (SSSR count). The zero-order chi connectivity index (χ0) is 22.7. The molecule has 3 aliphatic carbocycles. The third kappa shape index (κ3) is 2.79. The topological polar surface area (TPSA) is 101 Å². The maximum atomic E-state index is 13.2. The first-order valence-electron chi connectivity index (χ1n) is 10.8. The summed E-state index contributed by atoms with van der Waals surface area (Å²) in [6.07, 6.45) is 6.06. The van der Waals surface area contributed by atoms with Crippen LogP contribution in [0.2, 0.25) is 0 Å². The van der Waals surface area contributed by atoms with Gasteiger partial charge in [0.25, 0.3) is 0 Å². The second-order valence-corrected chi connectivity index (χ2v) is 8.93. The van der Waals surface area contributed by atoms with E-state index in [1.807, 2.05) is 12.1 Å². The fourth-order valence-corrected chi connectivity index (χ4v) is 5.81. The summed E-state index contributed by atoms with van der Waals surface area (Å²) >= 11 is 0. The van der Waals surface area contributed by atoms with Crippen molar-refractivity contribution in [3.8, 4) is 5.75 Å². The molecule has 1 fully saturated rings. The quantitative estimate of drug-likeness (QED) is 0.437. The zero-order valence-corrected chi connectivity index (χ0v) is 17.7. The Morgan fingerprint density at radius 1 is 1.16 bits per heavy atom. The van der Waals surface area contributed by atoms with Gasteiger partial charge < -0.3 is 5.11 Å². The Hall–Kier alpha value is -3.54. The van der Waals surface area contributed by atoms with Gasteiger partial charge in [-0.05, 0) is 43.7 Å². The van der Waals surface area contributed by atoms with E-state index in [-0.39, 0.29) is 41.5 Å². The summed E-state index contributed by atoms with van der Waals surface area (Å²) < 4.78 is 0. The number of rotatable bonds is 3. The number of carbonyl (C=O) groups is 4. The van der Waals surface area contributed by atoms with Crippen molar-refractivity contribution >= 4 is 23.4 Å². The van der Waals surface area contributed by atoms with Crippen LogP contribution in [0, 0.1) is 17.8 Å². The third-order valence-electron chi connectivity index (χ3n) is 7.23. The Labute approximate surface area is 185 Å². The van der Waals surface area contributed by atoms with Gasteiger partial charge in [0.2, 0.25) is 11.8 Å². The first-order valence-corrected chi connectivity index (χ1v) is 10.8. The summed E-state index contributed by atoms with van der Waals surface area (Å²) in [6, 6.07) is 5.36. The highest BCUT2D eigenvalue weighted by atomic mass is 16.3. The van der Waals surface area contributed by atoms with Gasteiger partial charge in [-0.15, -0.1) is 6.58 Å². The van der Waals surface area contributed by atoms with Crippen molar-refractivity contribution in [2.24, 2.45) is 17.8 Å². The minimum Gasteiger partial charge on any atom is -0.507 e. The average Bonchev–Trinajstić information content (AvgIpc) is 3.06. The van der Waals surface area contributed by atoms with E-state index in [4.69, 9.17) is 0 Å². The second kappa shape index (κ2) is 7.26. The molecule has 32 heavy (non-hydrogen) atoms. The van der Waals surface area contributed by atoms with E-state index in [1.54, 1.807) is 25.1 Å². The molecule has 0 unspecified atom stereocenters. The molecule has 1 aromatic rings. The van der Waals surface area contributed by atoms with E-state index in [2.05, 4.69) is 11.9 Å². The average molecular weight is 429 g/mol. The summed E-state index contributed by atoms with van der Waals surface area (Å²) in [5.74, 6) is -3.08. The van der Waals surface area contributed by atoms with Gasteiger partial charge in [-0.25, -0.2) is 0 Å². The zero-order valence-electron chi connectivity index (χ0n) is 17.7. The van der Waals surface area contributed by atoms with Crippen LogP contribution in [0.1, 0.15) is 36.8 Å². The molecule has 1 saturated heterocycles. The molecule has 0 bridgehead atoms. The van der Waals surface area contributed by atoms with Crippen LogP contribution in [0.4, 0.5) is 0 Å². The number of Topliss-reactive ketones (excluding diaryl/α,β-unsaturated/α-hetero) is 1. The highest BCUT2D eigenvalue weighted by molar-refractivity contribution is 6.23. The number of para-hydroxylation sites is 1. The molecular weight excluding hydrogens is 406 g/mol. The number of ketones is 2. The van der Waals surface area contributed by atoms with Crippen molar-refractivity contribution in [2.75, 3.05) is 0 Å². The monoisotopic (exact) mass is 429 g/mol. The maximum Gasteiger partial charge on any atom is 0.231 e. The minimum absolute atomic E-state index is 0.0615. The number of hydrogen-bond acceptors (Lipinski definition) is 5. The van der Waals surface area contributed by atoms with Crippen molar-refractivity contribution in [3.05, 3.63) is 76.4 Å². The first-order chi connectivity index (χ1) is 15.3. The van der Waals surface area contributed by atoms with E-state index in [1.165, 1.54) is 6.08 Å². The molecule has 1 aromatic carbocycles. The van der Waals surface area contributed by atoms with Crippen molar-refractivity contribution in [3.63, 3.8) is 0 Å². The number of hydrogen-bond donors (Lipinski definition) is 2. The Bertz CT molecular complexity index is 1210. The van der Waals surface area contributed by atoms with Crippen molar-refractivity contribution in [1.82, 2.24) is 5.32 Å². The Morgan fingerprint density at radius 2 is 1.94 bits per heavy atom. The first kappa shape index (κ1) is 20.4. The number of amides is 2. The van der Waals surface area contributed by atoms with E-state index < -0.39 is 17.8 Å². The van der Waals surface area contributed by atoms with Gasteiger partial charge >= 0.3 is 0 Å². The molecule has 1 heterocycles. The summed E-state index contributed by atoms with van der Waals surface area (Å²) in [6.45, 7) is 5.35. The highest BCUT2D eigenvalue weighted by Gasteiger charge is 2.53. The van der Waals surface area contributed by atoms with Crippen LogP contribution in [0.25, 0.3) is 0 Å². The predicted molar refractivity (Wildman–Crippen MR) is 116 cm³/mol. The fraction of sp³-hybridized carbons (Fsp3) is 0.308. The van der Waals surface area contributed by atoms with Gasteiger partial charge in [0.15, 0.2) is 11.6 Å². The molecule has 0 saturated carbocycles. The Kier molecular flexibility index (Phi) is 4.62. The third-order valence-corrected chi connectivity index (χ3v) is 7.23. The largest absolute Gasteiger partial charge is 0.507 e. The molecule has 1 aliphatic heterocycles. The van der Waals surface area contributed by atoms with E-state index >= 15 is 0 Å². The summed E-state index contributed by atoms with van der Waals surface area (Å²) in [5.41, 5.74) is 3.16. The Balaban J connectivity index is 1.74. The number of phenols is 1. The normalized spacial score (nSPS) is 29.0. The smallest absolute Gasteiger partial charge is 0.231 e. The van der Waals surface area contributed by atoms with Crippen LogP contribution in [0.5, 0.6) is 5.75 Å². The van der Waals surface area contributed by atoms with Gasteiger partial charge in [0, 0.05) is 28.2 Å². The molecule has 2 amide bonds. The van der Waals surface area contributed by atoms with Gasteiger partial charge in [0.1, 0.15) is 5.75 Å². The number of carbonyl (C=O) groups excluding carboxylic acids is 4. The van der Waals surface area contributed by atoms with Crippen LogP contribution in [0.3, 0.4) is 0 Å². The molecule has 4 aliphatic rings. The number of imide groups is 1. The predicted octanol–water partition coefficient (Wildman–Crippen LogP) is 2.84. The molecule has 0 spiro atoms. The van der Waals surface area contributed by atoms with Crippen LogP contribution in [0.15, 0.2) is 65.3 Å². The summed E-state index contributed by atoms with van der Waals surface area (Å²) in [4.78, 5) is 51.3. The maximum absolute atomic E-state index is 13.2. The molecular formula is C26H23NO5. The lowest BCUT2D eigenvalue weighted by Gasteiger charge is -2.42. The fourth-order valence-electron chi connectivity index (χ4n) is 5.81. The van der Waals surface area contributed by atoms with Crippen LogP contribution < -0.4 is 5.32 Å². The number of benzene rings is 1. The van der Waals surface area contributed by atoms with E-state index in [0.29, 0.717) is 40.7 Å². The molecule has 4 atom stereocenters. The van der Waals surface area contributed by atoms with Crippen molar-refractivity contribution in [2.45, 2.75) is 32.1 Å². The van der Waals surface area contributed by atoms with Gasteiger partial charge in [0.05, 0.1) is 11.8 Å². The lowest BCUT2D eigenvalue weighted by atomic mass is 9.59. The Morgan fingerprint density at radius 3 is 2.69 bits per heavy atom. The van der Waals surface area contributed by atoms with Gasteiger partial charge in [-0.2, -0.15) is 0 Å². The minimum atomic E-state index is -0.640. The van der Waals surface area contributed by atoms with Crippen LogP contribution in [-0.4, -0.2) is 28.5 Å². The lowest BCUT2D eigenvalue weighted by Crippen LogP contribution is -2.39. The van der Waals surface area contributed by atoms with Gasteiger partial charge in [-0.1, -0.05) is 35.9 Å². The van der Waals surface area contributed by atoms with Gasteiger partial charge in [-0.3, -0.25) is 24.5 Å². The number of fused-ring (bicyclic) bond motifs is 3. The highest BCUT2D eigenvalue weighted by Crippen LogP contribution is 2.55. The van der Waals surface area contributed by atoms with Crippen LogP contribution in [-0.2, 0) is 25.6 Å². The SMILES string of the molecule is C=CCc1cccc([C@H]2C3=CC[C@@H]4C(=O)NC(=O)[C@@H]4[C@@H]3CC3=C2C(=O)C=C(C)C3=O)c1O. The number of nitrogens with one attached hydrogen (secondary N) is 1. The number of phenolic OH excluding ortho intramolecular Hbond substituents is 1. The van der Waals surface area contributed by atoms with E-state index in [0.717, 1.165) is 5.57 Å². The molecule has 2 N–H and O–H groups in total. The number of aromatic hydroxyl groups is 1. The molecule has 6 nitrogen and oxygen atoms in total. The van der Waals surface area contributed by atoms with Crippen molar-refractivity contribution < 1.29 is 24.3 Å². The van der Waals surface area contributed by atoms with Crippen molar-refractivity contribution in [1.29, 1.82) is 0 Å². The molecule has 162 valence electrons. The molecule has 6 heteroatoms. The summed E-state index contributed by atoms with van der Waals surface area (Å²) in [7, 11) is 0. The van der Waals surface area contributed by atoms with Crippen LogP contribution >= 0.6 is 0 Å². The summed E-state index contributed by atoms with van der Waals surface area (Å²) in [5, 5.41) is 13.5. The molecule has 0 radical (unpaired) electrons. The van der Waals surface area contributed by atoms with E-state index in [9.17, 15) is 24.3 Å². The second-order valence-electron chi connectivity index (χ2n) is 8.93. The number of allylic oxidation sites excluding steroid dienone is 7. The standard InChI is InChI=1S/C26H23NO5/c1-3-5-13-6-4-7-15(24(13)30)20-14-8-9-16-21(26(32)27-25(16)31)17(14)11-18-22(20)19(28)10-12(2)23(18)29/h3-4,6-8,10,16-17,20-21,30H,1,5,9,11H2,2H3,(H,27,31,32)/t16-,17+,20+,21-/m0/s1.